The predicted molar refractivity (Wildman–Crippen MR) is 176 cm³/mol. The number of aromatic amines is 2. The van der Waals surface area contributed by atoms with E-state index in [0.717, 1.165) is 18.5 Å². The van der Waals surface area contributed by atoms with Crippen LogP contribution in [-0.4, -0.2) is 29.1 Å². The largest absolute Gasteiger partial charge is 0.335 e. The summed E-state index contributed by atoms with van der Waals surface area (Å²) in [5.41, 5.74) is 0.574. The van der Waals surface area contributed by atoms with Crippen LogP contribution in [0.15, 0.2) is 92.0 Å². The Morgan fingerprint density at radius 2 is 1.02 bits per heavy atom. The first-order chi connectivity index (χ1) is 21.3. The number of aromatic nitrogens is 6. The highest BCUT2D eigenvalue weighted by atomic mass is 35.5. The highest BCUT2D eigenvalue weighted by molar-refractivity contribution is 7.21. The molecule has 0 radical (unpaired) electrons. The molecule has 0 aliphatic rings. The molecule has 44 heavy (non-hydrogen) atoms. The summed E-state index contributed by atoms with van der Waals surface area (Å²) < 4.78 is 3.45. The molecule has 0 spiro atoms. The minimum Gasteiger partial charge on any atom is -0.306 e. The van der Waals surface area contributed by atoms with E-state index in [0.29, 0.717) is 43.2 Å². The molecule has 0 saturated heterocycles. The standard InChI is InChI=1S/C30H14Cl2N6O4S2/c31-17-3-1-5-21-23(17)35-29(43-21)37-25(39)15-11-13(7-9-19(15)33-27(37)41)14-8-10-20-16(12-14)26(40)38(28(42)34-20)30-36-24-18(32)4-2-6-22(24)44-30/h1-12H,(H,33,41)(H,34,42). The fourth-order valence-electron chi connectivity index (χ4n) is 5.13. The van der Waals surface area contributed by atoms with Gasteiger partial charge in [-0.05, 0) is 59.7 Å². The van der Waals surface area contributed by atoms with Crippen LogP contribution in [0.25, 0.3) is 63.6 Å². The average Bonchev–Trinajstić information content (AvgIpc) is 3.63. The topological polar surface area (TPSA) is 136 Å². The van der Waals surface area contributed by atoms with Gasteiger partial charge in [0.15, 0.2) is 0 Å². The predicted octanol–water partition coefficient (Wildman–Crippen LogP) is 5.86. The van der Waals surface area contributed by atoms with E-state index in [1.54, 1.807) is 60.7 Å². The maximum atomic E-state index is 13.7. The van der Waals surface area contributed by atoms with Gasteiger partial charge in [0.2, 0.25) is 10.3 Å². The van der Waals surface area contributed by atoms with E-state index < -0.39 is 22.5 Å². The first-order valence-electron chi connectivity index (χ1n) is 13.0. The number of fused-ring (bicyclic) bond motifs is 4. The van der Waals surface area contributed by atoms with Crippen molar-refractivity contribution in [1.29, 1.82) is 0 Å². The normalized spacial score (nSPS) is 11.8. The highest BCUT2D eigenvalue weighted by Gasteiger charge is 2.18. The number of thiazole rings is 2. The molecule has 0 atom stereocenters. The van der Waals surface area contributed by atoms with Gasteiger partial charge >= 0.3 is 11.4 Å². The zero-order valence-corrected chi connectivity index (χ0v) is 25.1. The second kappa shape index (κ2) is 9.82. The monoisotopic (exact) mass is 656 g/mol. The van der Waals surface area contributed by atoms with E-state index in [1.807, 2.05) is 12.1 Å². The Morgan fingerprint density at radius 1 is 0.591 bits per heavy atom. The second-order valence-corrected chi connectivity index (χ2v) is 12.7. The maximum absolute atomic E-state index is 13.7. The zero-order valence-electron chi connectivity index (χ0n) is 21.9. The Balaban J connectivity index is 1.29. The van der Waals surface area contributed by atoms with Crippen molar-refractivity contribution in [2.75, 3.05) is 0 Å². The van der Waals surface area contributed by atoms with Crippen LogP contribution in [0.5, 0.6) is 0 Å². The minimum absolute atomic E-state index is 0.193. The van der Waals surface area contributed by atoms with Gasteiger partial charge in [-0.1, -0.05) is 70.1 Å². The van der Waals surface area contributed by atoms with Crippen LogP contribution in [0.4, 0.5) is 0 Å². The summed E-state index contributed by atoms with van der Waals surface area (Å²) in [5, 5.41) is 1.72. The molecule has 4 aromatic carbocycles. The average molecular weight is 658 g/mol. The second-order valence-electron chi connectivity index (χ2n) is 9.83. The molecule has 0 bridgehead atoms. The lowest BCUT2D eigenvalue weighted by Gasteiger charge is -2.08. The van der Waals surface area contributed by atoms with Gasteiger partial charge in [-0.15, -0.1) is 0 Å². The van der Waals surface area contributed by atoms with Crippen molar-refractivity contribution in [3.63, 3.8) is 0 Å². The van der Waals surface area contributed by atoms with Crippen molar-refractivity contribution >= 4 is 88.1 Å². The van der Waals surface area contributed by atoms with E-state index in [9.17, 15) is 19.2 Å². The maximum Gasteiger partial charge on any atom is 0.335 e. The summed E-state index contributed by atoms with van der Waals surface area (Å²) in [4.78, 5) is 67.7. The Bertz CT molecular complexity index is 2570. The van der Waals surface area contributed by atoms with E-state index in [4.69, 9.17) is 23.2 Å². The van der Waals surface area contributed by atoms with Crippen molar-refractivity contribution in [3.05, 3.63) is 125 Å². The van der Waals surface area contributed by atoms with Crippen LogP contribution in [0, 0.1) is 0 Å². The lowest BCUT2D eigenvalue weighted by Crippen LogP contribution is -2.33. The van der Waals surface area contributed by atoms with Gasteiger partial charge in [0.1, 0.15) is 11.0 Å². The molecule has 8 aromatic rings. The van der Waals surface area contributed by atoms with Gasteiger partial charge in [0.25, 0.3) is 11.1 Å². The highest BCUT2D eigenvalue weighted by Crippen LogP contribution is 2.31. The Kier molecular flexibility index (Phi) is 5.97. The smallest absolute Gasteiger partial charge is 0.306 e. The molecule has 0 fully saturated rings. The molecular formula is C30H14Cl2N6O4S2. The molecule has 4 heterocycles. The molecule has 2 N–H and O–H groups in total. The Labute approximate surface area is 262 Å². The number of rotatable bonds is 3. The van der Waals surface area contributed by atoms with E-state index >= 15 is 0 Å². The van der Waals surface area contributed by atoms with E-state index in [-0.39, 0.29) is 21.0 Å². The van der Waals surface area contributed by atoms with Crippen molar-refractivity contribution in [1.82, 2.24) is 29.1 Å². The molecular weight excluding hydrogens is 643 g/mol. The number of hydrogen-bond acceptors (Lipinski definition) is 8. The Hall–Kier alpha value is -4.88. The number of nitrogens with zero attached hydrogens (tertiary/aromatic N) is 4. The summed E-state index contributed by atoms with van der Waals surface area (Å²) >= 11 is 14.9. The first kappa shape index (κ1) is 26.7. The van der Waals surface area contributed by atoms with Crippen molar-refractivity contribution in [3.8, 4) is 21.4 Å². The molecule has 0 aliphatic carbocycles. The van der Waals surface area contributed by atoms with Gasteiger partial charge < -0.3 is 9.97 Å². The molecule has 0 unspecified atom stereocenters. The molecule has 14 heteroatoms. The van der Waals surface area contributed by atoms with Crippen molar-refractivity contribution in [2.24, 2.45) is 0 Å². The zero-order chi connectivity index (χ0) is 30.3. The van der Waals surface area contributed by atoms with Gasteiger partial charge in [-0.2, -0.15) is 0 Å². The van der Waals surface area contributed by atoms with Crippen LogP contribution in [0.2, 0.25) is 10.0 Å². The molecule has 0 amide bonds. The van der Waals surface area contributed by atoms with Crippen LogP contribution in [0.3, 0.4) is 0 Å². The van der Waals surface area contributed by atoms with Crippen LogP contribution >= 0.6 is 45.9 Å². The summed E-state index contributed by atoms with van der Waals surface area (Å²) in [6.07, 6.45) is 0. The van der Waals surface area contributed by atoms with Gasteiger partial charge in [0, 0.05) is 0 Å². The van der Waals surface area contributed by atoms with E-state index in [2.05, 4.69) is 19.9 Å². The minimum atomic E-state index is -0.628. The summed E-state index contributed by atoms with van der Waals surface area (Å²) in [6, 6.07) is 20.6. The third-order valence-electron chi connectivity index (χ3n) is 7.23. The van der Waals surface area contributed by atoms with Gasteiger partial charge in [-0.25, -0.2) is 28.7 Å². The van der Waals surface area contributed by atoms with Crippen LogP contribution in [-0.2, 0) is 0 Å². The number of hydrogen-bond donors (Lipinski definition) is 2. The summed E-state index contributed by atoms with van der Waals surface area (Å²) in [7, 11) is 0. The van der Waals surface area contributed by atoms with Crippen molar-refractivity contribution in [2.45, 2.75) is 0 Å². The number of benzene rings is 4. The third-order valence-corrected chi connectivity index (χ3v) is 9.85. The van der Waals surface area contributed by atoms with Gasteiger partial charge in [-0.3, -0.25) is 9.59 Å². The number of nitrogens with one attached hydrogen (secondary N) is 2. The lowest BCUT2D eigenvalue weighted by atomic mass is 10.0. The lowest BCUT2D eigenvalue weighted by molar-refractivity contribution is 0.893. The summed E-state index contributed by atoms with van der Waals surface area (Å²) in [5.74, 6) is 0. The fraction of sp³-hybridized carbons (Fsp3) is 0. The number of para-hydroxylation sites is 2. The van der Waals surface area contributed by atoms with E-state index in [1.165, 1.54) is 22.7 Å². The first-order valence-corrected chi connectivity index (χ1v) is 15.4. The SMILES string of the molecule is O=c1[nH]c2ccc(-c3ccc4[nH]c(=O)n(-c5nc6c(Cl)cccc6s5)c(=O)c4c3)cc2c(=O)n1-c1nc2c(Cl)cccc2s1. The molecule has 0 saturated carbocycles. The van der Waals surface area contributed by atoms with Gasteiger partial charge in [0.05, 0.1) is 41.3 Å². The number of halogens is 2. The quantitative estimate of drug-likeness (QED) is 0.244. The molecule has 214 valence electrons. The fourth-order valence-corrected chi connectivity index (χ4v) is 7.66. The summed E-state index contributed by atoms with van der Waals surface area (Å²) in [6.45, 7) is 0. The van der Waals surface area contributed by atoms with Crippen LogP contribution in [0.1, 0.15) is 0 Å². The molecule has 4 aromatic heterocycles. The number of H-pyrrole nitrogens is 2. The molecule has 0 aliphatic heterocycles. The molecule has 10 nitrogen and oxygen atoms in total. The molecule has 8 rings (SSSR count). The third kappa shape index (κ3) is 4.07. The Morgan fingerprint density at radius 3 is 1.43 bits per heavy atom. The van der Waals surface area contributed by atoms with Crippen molar-refractivity contribution < 1.29 is 0 Å². The van der Waals surface area contributed by atoms with Crippen LogP contribution < -0.4 is 22.5 Å².